The van der Waals surface area contributed by atoms with Gasteiger partial charge in [0.1, 0.15) is 0 Å². The van der Waals surface area contributed by atoms with Crippen molar-refractivity contribution in [2.24, 2.45) is 0 Å². The third-order valence-electron chi connectivity index (χ3n) is 2.35. The molecule has 3 N–H and O–H groups in total. The smallest absolute Gasteiger partial charge is 0.252 e. The Bertz CT molecular complexity index is 536. The zero-order valence-corrected chi connectivity index (χ0v) is 13.4. The molecule has 0 bridgehead atoms. The summed E-state index contributed by atoms with van der Waals surface area (Å²) in [5.41, 5.74) is 5.07. The molecule has 1 rings (SSSR count). The van der Waals surface area contributed by atoms with Gasteiger partial charge in [0.15, 0.2) is 0 Å². The number of hydrogen-bond acceptors (Lipinski definition) is 4. The minimum atomic E-state index is -0.401. The van der Waals surface area contributed by atoms with Crippen LogP contribution in [0, 0.1) is 0 Å². The summed E-state index contributed by atoms with van der Waals surface area (Å²) >= 11 is 3.33. The minimum Gasteiger partial charge on any atom is -0.324 e. The first-order chi connectivity index (χ1) is 9.88. The Balaban J connectivity index is 2.39. The Morgan fingerprint density at radius 1 is 1.10 bits per heavy atom. The van der Waals surface area contributed by atoms with Crippen LogP contribution in [0.15, 0.2) is 28.7 Å². The van der Waals surface area contributed by atoms with Gasteiger partial charge in [-0.1, -0.05) is 12.1 Å². The number of nitrogens with one attached hydrogen (secondary N) is 3. The fourth-order valence-corrected chi connectivity index (χ4v) is 1.88. The number of halogens is 1. The molecule has 0 aliphatic carbocycles. The van der Waals surface area contributed by atoms with Gasteiger partial charge in [-0.25, -0.2) is 0 Å². The number of nitrogens with zero attached hydrogens (tertiary/aromatic N) is 1. The second kappa shape index (κ2) is 8.38. The predicted octanol–water partition coefficient (Wildman–Crippen LogP) is 0.487. The van der Waals surface area contributed by atoms with Crippen molar-refractivity contribution in [2.75, 3.05) is 25.5 Å². The molecule has 0 radical (unpaired) electrons. The van der Waals surface area contributed by atoms with Gasteiger partial charge in [0.2, 0.25) is 11.8 Å². The van der Waals surface area contributed by atoms with E-state index in [1.54, 1.807) is 13.1 Å². The molecule has 0 spiro atoms. The molecule has 0 aromatic heterocycles. The van der Waals surface area contributed by atoms with E-state index < -0.39 is 5.91 Å². The first-order valence-corrected chi connectivity index (χ1v) is 6.96. The molecule has 0 fully saturated rings. The van der Waals surface area contributed by atoms with E-state index in [0.717, 1.165) is 4.47 Å². The average Bonchev–Trinajstić information content (AvgIpc) is 2.38. The molecule has 0 aliphatic heterocycles. The number of carbonyl (C=O) groups is 3. The minimum absolute atomic E-state index is 0.0103. The summed E-state index contributed by atoms with van der Waals surface area (Å²) in [4.78, 5) is 35.5. The highest BCUT2D eigenvalue weighted by Crippen LogP contribution is 2.20. The number of hydrazine groups is 1. The first kappa shape index (κ1) is 17.1. The average molecular weight is 357 g/mol. The van der Waals surface area contributed by atoms with Crippen molar-refractivity contribution in [3.05, 3.63) is 28.7 Å². The van der Waals surface area contributed by atoms with Crippen molar-refractivity contribution in [3.63, 3.8) is 0 Å². The van der Waals surface area contributed by atoms with Crippen LogP contribution in [0.5, 0.6) is 0 Å². The van der Waals surface area contributed by atoms with E-state index in [-0.39, 0.29) is 24.9 Å². The highest BCUT2D eigenvalue weighted by Gasteiger charge is 2.11. The third kappa shape index (κ3) is 6.87. The van der Waals surface area contributed by atoms with Gasteiger partial charge in [-0.15, -0.1) is 0 Å². The second-order valence-corrected chi connectivity index (χ2v) is 5.28. The van der Waals surface area contributed by atoms with E-state index in [4.69, 9.17) is 0 Å². The number of rotatable bonds is 5. The molecular weight excluding hydrogens is 340 g/mol. The summed E-state index contributed by atoms with van der Waals surface area (Å²) in [5, 5.41) is 2.74. The van der Waals surface area contributed by atoms with E-state index in [1.165, 1.54) is 11.8 Å². The number of hydrogen-bond donors (Lipinski definition) is 3. The Morgan fingerprint density at radius 2 is 1.71 bits per heavy atom. The molecule has 0 saturated carbocycles. The second-order valence-electron chi connectivity index (χ2n) is 4.43. The molecule has 21 heavy (non-hydrogen) atoms. The lowest BCUT2D eigenvalue weighted by Crippen LogP contribution is -2.46. The van der Waals surface area contributed by atoms with E-state index in [1.807, 2.05) is 18.2 Å². The number of para-hydroxylation sites is 1. The summed E-state index contributed by atoms with van der Waals surface area (Å²) in [5.74, 6) is -1.00. The van der Waals surface area contributed by atoms with Gasteiger partial charge in [0.05, 0.1) is 18.8 Å². The van der Waals surface area contributed by atoms with Gasteiger partial charge in [-0.2, -0.15) is 0 Å². The zero-order chi connectivity index (χ0) is 15.8. The standard InChI is InChI=1S/C13H17BrN4O3/c1-9(19)16-17-13(21)8-18(2)7-12(20)15-11-6-4-3-5-10(11)14/h3-6H,7-8H2,1-2H3,(H,15,20)(H,16,19)(H,17,21). The van der Waals surface area contributed by atoms with E-state index in [9.17, 15) is 14.4 Å². The van der Waals surface area contributed by atoms with E-state index in [2.05, 4.69) is 32.1 Å². The fourth-order valence-electron chi connectivity index (χ4n) is 1.50. The first-order valence-electron chi connectivity index (χ1n) is 6.17. The van der Waals surface area contributed by atoms with Crippen LogP contribution < -0.4 is 16.2 Å². The number of likely N-dealkylation sites (N-methyl/N-ethyl adjacent to an activating group) is 1. The molecule has 7 nitrogen and oxygen atoms in total. The van der Waals surface area contributed by atoms with Crippen molar-refractivity contribution < 1.29 is 14.4 Å². The molecule has 0 aliphatic rings. The van der Waals surface area contributed by atoms with Crippen LogP contribution in [0.1, 0.15) is 6.92 Å². The summed E-state index contributed by atoms with van der Waals surface area (Å²) < 4.78 is 0.782. The highest BCUT2D eigenvalue weighted by molar-refractivity contribution is 9.10. The maximum absolute atomic E-state index is 11.8. The number of anilines is 1. The summed E-state index contributed by atoms with van der Waals surface area (Å²) in [6.45, 7) is 1.33. The molecule has 3 amide bonds. The molecule has 0 saturated heterocycles. The zero-order valence-electron chi connectivity index (χ0n) is 11.8. The van der Waals surface area contributed by atoms with E-state index in [0.29, 0.717) is 5.69 Å². The van der Waals surface area contributed by atoms with Crippen LogP contribution in [0.3, 0.4) is 0 Å². The number of carbonyl (C=O) groups excluding carboxylic acids is 3. The van der Waals surface area contributed by atoms with E-state index >= 15 is 0 Å². The maximum atomic E-state index is 11.8. The van der Waals surface area contributed by atoms with Crippen LogP contribution in [-0.4, -0.2) is 42.8 Å². The van der Waals surface area contributed by atoms with Crippen LogP contribution >= 0.6 is 15.9 Å². The Hall–Kier alpha value is -1.93. The van der Waals surface area contributed by atoms with Crippen molar-refractivity contribution in [1.82, 2.24) is 15.8 Å². The lowest BCUT2D eigenvalue weighted by molar-refractivity contribution is -0.128. The molecule has 114 valence electrons. The number of benzene rings is 1. The Labute approximate surface area is 131 Å². The Morgan fingerprint density at radius 3 is 2.33 bits per heavy atom. The third-order valence-corrected chi connectivity index (χ3v) is 3.04. The molecular formula is C13H17BrN4O3. The fraction of sp³-hybridized carbons (Fsp3) is 0.308. The SMILES string of the molecule is CC(=O)NNC(=O)CN(C)CC(=O)Nc1ccccc1Br. The normalized spacial score (nSPS) is 10.1. The van der Waals surface area contributed by atoms with Gasteiger partial charge in [-0.05, 0) is 35.1 Å². The molecule has 0 unspecified atom stereocenters. The maximum Gasteiger partial charge on any atom is 0.252 e. The van der Waals surface area contributed by atoms with Crippen LogP contribution in [0.4, 0.5) is 5.69 Å². The van der Waals surface area contributed by atoms with Gasteiger partial charge in [0.25, 0.3) is 5.91 Å². The molecule has 0 heterocycles. The topological polar surface area (TPSA) is 90.5 Å². The Kier molecular flexibility index (Phi) is 6.83. The van der Waals surface area contributed by atoms with Crippen LogP contribution in [0.25, 0.3) is 0 Å². The van der Waals surface area contributed by atoms with Gasteiger partial charge >= 0.3 is 0 Å². The van der Waals surface area contributed by atoms with Crippen molar-refractivity contribution in [3.8, 4) is 0 Å². The lowest BCUT2D eigenvalue weighted by atomic mass is 10.3. The summed E-state index contributed by atoms with van der Waals surface area (Å²) in [6.07, 6.45) is 0. The monoisotopic (exact) mass is 356 g/mol. The van der Waals surface area contributed by atoms with Crippen LogP contribution in [-0.2, 0) is 14.4 Å². The molecule has 8 heteroatoms. The van der Waals surface area contributed by atoms with Crippen LogP contribution in [0.2, 0.25) is 0 Å². The lowest BCUT2D eigenvalue weighted by Gasteiger charge is -2.16. The molecule has 1 aromatic rings. The van der Waals surface area contributed by atoms with Gasteiger partial charge < -0.3 is 5.32 Å². The summed E-state index contributed by atoms with van der Waals surface area (Å²) in [7, 11) is 1.63. The van der Waals surface area contributed by atoms with Crippen molar-refractivity contribution in [2.45, 2.75) is 6.92 Å². The van der Waals surface area contributed by atoms with Gasteiger partial charge in [-0.3, -0.25) is 30.1 Å². The van der Waals surface area contributed by atoms with Crippen molar-refractivity contribution in [1.29, 1.82) is 0 Å². The molecule has 1 aromatic carbocycles. The highest BCUT2D eigenvalue weighted by atomic mass is 79.9. The molecule has 0 atom stereocenters. The largest absolute Gasteiger partial charge is 0.324 e. The predicted molar refractivity (Wildman–Crippen MR) is 82.2 cm³/mol. The van der Waals surface area contributed by atoms with Gasteiger partial charge in [0, 0.05) is 11.4 Å². The van der Waals surface area contributed by atoms with Crippen molar-refractivity contribution >= 4 is 39.3 Å². The number of amides is 3. The summed E-state index contributed by atoms with van der Waals surface area (Å²) in [6, 6.07) is 7.24. The quantitative estimate of drug-likeness (QED) is 0.669.